The molecule has 8 heteroatoms. The summed E-state index contributed by atoms with van der Waals surface area (Å²) in [6, 6.07) is 0. The van der Waals surface area contributed by atoms with Crippen LogP contribution in [0.5, 0.6) is 0 Å². The van der Waals surface area contributed by atoms with Gasteiger partial charge in [0.1, 0.15) is 11.9 Å². The molecule has 1 aliphatic heterocycles. The van der Waals surface area contributed by atoms with Gasteiger partial charge in [0.2, 0.25) is 0 Å². The molecule has 0 aromatic rings. The van der Waals surface area contributed by atoms with Gasteiger partial charge in [-0.25, -0.2) is 0 Å². The number of allylic oxidation sites excluding steroid dienone is 4. The van der Waals surface area contributed by atoms with Gasteiger partial charge in [0.25, 0.3) is 0 Å². The number of alkyl halides is 3. The molecule has 3 aliphatic carbocycles. The molecule has 0 aromatic heterocycles. The molecule has 4 unspecified atom stereocenters. The van der Waals surface area contributed by atoms with Gasteiger partial charge in [-0.05, 0) is 62.2 Å². The molecular formula is C24H27F3O5. The van der Waals surface area contributed by atoms with E-state index in [1.165, 1.54) is 20.1 Å². The Kier molecular flexibility index (Phi) is 6.23. The van der Waals surface area contributed by atoms with E-state index in [9.17, 15) is 22.8 Å². The van der Waals surface area contributed by atoms with Crippen LogP contribution in [0.4, 0.5) is 13.2 Å². The largest absolute Gasteiger partial charge is 0.494 e. The fourth-order valence-corrected chi connectivity index (χ4v) is 5.01. The van der Waals surface area contributed by atoms with E-state index < -0.39 is 23.8 Å². The van der Waals surface area contributed by atoms with Crippen molar-refractivity contribution in [3.05, 3.63) is 46.5 Å². The predicted octanol–water partition coefficient (Wildman–Crippen LogP) is 4.95. The monoisotopic (exact) mass is 452 g/mol. The highest BCUT2D eigenvalue weighted by Gasteiger charge is 2.45. The molecular weight excluding hydrogens is 425 g/mol. The molecule has 4 aliphatic rings. The van der Waals surface area contributed by atoms with Crippen molar-refractivity contribution in [2.45, 2.75) is 57.7 Å². The second kappa shape index (κ2) is 8.79. The summed E-state index contributed by atoms with van der Waals surface area (Å²) >= 11 is 0. The average Bonchev–Trinajstić information content (AvgIpc) is 2.76. The fraction of sp³-hybridized carbons (Fsp3) is 0.583. The second-order valence-electron chi connectivity index (χ2n) is 8.86. The van der Waals surface area contributed by atoms with Crippen molar-refractivity contribution in [2.24, 2.45) is 17.8 Å². The predicted molar refractivity (Wildman–Crippen MR) is 109 cm³/mol. The molecule has 1 saturated heterocycles. The minimum atomic E-state index is -4.26. The number of rotatable bonds is 5. The first kappa shape index (κ1) is 22.7. The molecule has 0 bridgehead atoms. The van der Waals surface area contributed by atoms with Gasteiger partial charge in [-0.3, -0.25) is 9.59 Å². The number of methoxy groups -OCH3 is 1. The molecule has 174 valence electrons. The minimum Gasteiger partial charge on any atom is -0.494 e. The lowest BCUT2D eigenvalue weighted by Gasteiger charge is -2.41. The fourth-order valence-electron chi connectivity index (χ4n) is 5.01. The van der Waals surface area contributed by atoms with Gasteiger partial charge in [0.15, 0.2) is 11.5 Å². The van der Waals surface area contributed by atoms with Gasteiger partial charge in [-0.2, -0.15) is 13.2 Å². The van der Waals surface area contributed by atoms with E-state index in [0.29, 0.717) is 49.2 Å². The van der Waals surface area contributed by atoms with Crippen LogP contribution in [0.3, 0.4) is 0 Å². The first-order valence-corrected chi connectivity index (χ1v) is 11.0. The van der Waals surface area contributed by atoms with E-state index in [0.717, 1.165) is 5.57 Å². The molecule has 4 rings (SSSR count). The van der Waals surface area contributed by atoms with Crippen molar-refractivity contribution < 1.29 is 37.0 Å². The van der Waals surface area contributed by atoms with E-state index in [2.05, 4.69) is 0 Å². The summed E-state index contributed by atoms with van der Waals surface area (Å²) < 4.78 is 55.6. The van der Waals surface area contributed by atoms with Crippen molar-refractivity contribution in [1.82, 2.24) is 0 Å². The van der Waals surface area contributed by atoms with Crippen LogP contribution in [0.15, 0.2) is 46.5 Å². The number of ketones is 1. The summed E-state index contributed by atoms with van der Waals surface area (Å²) in [6.45, 7) is 1.79. The Morgan fingerprint density at radius 3 is 2.66 bits per heavy atom. The summed E-state index contributed by atoms with van der Waals surface area (Å²) in [7, 11) is 1.54. The summed E-state index contributed by atoms with van der Waals surface area (Å²) in [4.78, 5) is 24.4. The lowest BCUT2D eigenvalue weighted by atomic mass is 9.71. The molecule has 5 nitrogen and oxygen atoms in total. The maximum absolute atomic E-state index is 12.8. The molecule has 0 N–H and O–H groups in total. The van der Waals surface area contributed by atoms with Crippen LogP contribution >= 0.6 is 0 Å². The van der Waals surface area contributed by atoms with Gasteiger partial charge in [-0.1, -0.05) is 12.2 Å². The van der Waals surface area contributed by atoms with Crippen molar-refractivity contribution >= 4 is 11.8 Å². The van der Waals surface area contributed by atoms with Gasteiger partial charge in [0, 0.05) is 11.5 Å². The average molecular weight is 452 g/mol. The SMILES string of the molecule is COC1=C(OCC2CC=C(C(F)(F)F)CC2)CC2OC(=O)C3C=C(C(C)=O)CCC3C2=C1. The van der Waals surface area contributed by atoms with Crippen LogP contribution in [-0.4, -0.2) is 37.7 Å². The third kappa shape index (κ3) is 4.50. The molecule has 1 fully saturated rings. The highest BCUT2D eigenvalue weighted by molar-refractivity contribution is 5.94. The zero-order chi connectivity index (χ0) is 23.0. The Bertz CT molecular complexity index is 924. The van der Waals surface area contributed by atoms with Crippen molar-refractivity contribution in [1.29, 1.82) is 0 Å². The smallest absolute Gasteiger partial charge is 0.412 e. The maximum Gasteiger partial charge on any atom is 0.412 e. The van der Waals surface area contributed by atoms with Crippen molar-refractivity contribution in [2.75, 3.05) is 13.7 Å². The lowest BCUT2D eigenvalue weighted by molar-refractivity contribution is -0.157. The minimum absolute atomic E-state index is 0.00314. The Morgan fingerprint density at radius 2 is 2.03 bits per heavy atom. The molecule has 4 atom stereocenters. The summed E-state index contributed by atoms with van der Waals surface area (Å²) in [5.41, 5.74) is 1.17. The Morgan fingerprint density at radius 1 is 1.25 bits per heavy atom. The Hall–Kier alpha value is -2.51. The van der Waals surface area contributed by atoms with Gasteiger partial charge in [-0.15, -0.1) is 0 Å². The van der Waals surface area contributed by atoms with Gasteiger partial charge < -0.3 is 14.2 Å². The number of hydrogen-bond donors (Lipinski definition) is 0. The summed E-state index contributed by atoms with van der Waals surface area (Å²) in [6.07, 6.45) is 2.53. The number of fused-ring (bicyclic) bond motifs is 3. The molecule has 0 aromatic carbocycles. The molecule has 0 spiro atoms. The summed E-state index contributed by atoms with van der Waals surface area (Å²) in [5, 5.41) is 0. The van der Waals surface area contributed by atoms with Gasteiger partial charge in [0.05, 0.1) is 26.1 Å². The molecule has 32 heavy (non-hydrogen) atoms. The maximum atomic E-state index is 12.8. The topological polar surface area (TPSA) is 61.8 Å². The molecule has 0 radical (unpaired) electrons. The number of carbonyl (C=O) groups excluding carboxylic acids is 2. The standard InChI is InChI=1S/C24H27F3O5/c1-13(28)15-5-8-17-18-10-21(30-2)22(11-20(18)32-23(29)19(17)9-15)31-12-14-3-6-16(7-4-14)24(25,26)27/h6,9-10,14,17,19-20H,3-5,7-8,11-12H2,1-2H3. The van der Waals surface area contributed by atoms with E-state index in [1.54, 1.807) is 6.08 Å². The number of ether oxygens (including phenoxy) is 3. The summed E-state index contributed by atoms with van der Waals surface area (Å²) in [5.74, 6) is 0.217. The zero-order valence-electron chi connectivity index (χ0n) is 18.2. The van der Waals surface area contributed by atoms with Crippen LogP contribution < -0.4 is 0 Å². The van der Waals surface area contributed by atoms with Crippen LogP contribution in [0.2, 0.25) is 0 Å². The highest BCUT2D eigenvalue weighted by atomic mass is 19.4. The Balaban J connectivity index is 1.47. The quantitative estimate of drug-likeness (QED) is 0.437. The number of esters is 1. The normalized spacial score (nSPS) is 30.3. The number of carbonyl (C=O) groups is 2. The second-order valence-corrected chi connectivity index (χ2v) is 8.86. The first-order valence-electron chi connectivity index (χ1n) is 11.0. The molecule has 0 amide bonds. The van der Waals surface area contributed by atoms with E-state index in [4.69, 9.17) is 14.2 Å². The third-order valence-electron chi connectivity index (χ3n) is 6.86. The van der Waals surface area contributed by atoms with E-state index in [-0.39, 0.29) is 36.6 Å². The number of Topliss-reactive ketones (excluding diaryl/α,β-unsaturated/α-hetero) is 1. The van der Waals surface area contributed by atoms with Crippen LogP contribution in [0.25, 0.3) is 0 Å². The Labute approximate surface area is 185 Å². The van der Waals surface area contributed by atoms with Crippen LogP contribution in [0.1, 0.15) is 45.4 Å². The molecule has 0 saturated carbocycles. The number of halogens is 3. The third-order valence-corrected chi connectivity index (χ3v) is 6.86. The number of hydrogen-bond acceptors (Lipinski definition) is 5. The van der Waals surface area contributed by atoms with Crippen molar-refractivity contribution in [3.8, 4) is 0 Å². The highest BCUT2D eigenvalue weighted by Crippen LogP contribution is 2.45. The van der Waals surface area contributed by atoms with E-state index in [1.807, 2.05) is 6.08 Å². The van der Waals surface area contributed by atoms with Crippen LogP contribution in [0, 0.1) is 17.8 Å². The van der Waals surface area contributed by atoms with Crippen LogP contribution in [-0.2, 0) is 23.8 Å². The first-order chi connectivity index (χ1) is 15.2. The molecule has 1 heterocycles. The van der Waals surface area contributed by atoms with Gasteiger partial charge >= 0.3 is 12.1 Å². The van der Waals surface area contributed by atoms with Crippen molar-refractivity contribution in [3.63, 3.8) is 0 Å². The zero-order valence-corrected chi connectivity index (χ0v) is 18.2. The lowest BCUT2D eigenvalue weighted by Crippen LogP contribution is -2.42. The van der Waals surface area contributed by atoms with E-state index >= 15 is 0 Å².